The van der Waals surface area contributed by atoms with Crippen LogP contribution in [-0.2, 0) is 26.8 Å². The number of carboxylic acid groups (broad SMARTS) is 2. The molecule has 8 heteroatoms. The van der Waals surface area contributed by atoms with Crippen LogP contribution in [0.15, 0.2) is 46.9 Å². The van der Waals surface area contributed by atoms with Crippen molar-refractivity contribution in [3.8, 4) is 11.5 Å². The normalized spacial score (nSPS) is 13.0. The van der Waals surface area contributed by atoms with Gasteiger partial charge in [-0.25, -0.2) is 0 Å². The van der Waals surface area contributed by atoms with Gasteiger partial charge in [0.1, 0.15) is 11.5 Å². The van der Waals surface area contributed by atoms with Gasteiger partial charge in [0.05, 0.1) is 6.42 Å². The number of ether oxygens (including phenoxy) is 1. The van der Waals surface area contributed by atoms with E-state index in [0.29, 0.717) is 15.8 Å². The summed E-state index contributed by atoms with van der Waals surface area (Å²) in [5, 5.41) is 17.0. The SMILES string of the molecule is CS(=O)C(C(=O)O)c1cc(Br)ccc1Oc1cccc(CC(=O)O)c1. The molecule has 0 spiro atoms. The summed E-state index contributed by atoms with van der Waals surface area (Å²) in [6.07, 6.45) is 1.16. The van der Waals surface area contributed by atoms with Crippen LogP contribution in [0.3, 0.4) is 0 Å². The number of hydrogen-bond donors (Lipinski definition) is 2. The van der Waals surface area contributed by atoms with Gasteiger partial charge in [0, 0.05) is 27.1 Å². The molecule has 0 heterocycles. The van der Waals surface area contributed by atoms with Gasteiger partial charge in [-0.05, 0) is 35.9 Å². The number of benzene rings is 2. The Bertz CT molecular complexity index is 822. The first-order chi connectivity index (χ1) is 11.8. The number of hydrogen-bond acceptors (Lipinski definition) is 4. The second-order valence-electron chi connectivity index (χ2n) is 5.22. The van der Waals surface area contributed by atoms with E-state index < -0.39 is 28.0 Å². The molecule has 0 radical (unpaired) electrons. The molecular formula is C17H15BrO6S. The molecule has 2 aromatic rings. The van der Waals surface area contributed by atoms with Crippen molar-refractivity contribution >= 4 is 38.7 Å². The summed E-state index contributed by atoms with van der Waals surface area (Å²) in [6, 6.07) is 11.3. The molecule has 0 bridgehead atoms. The van der Waals surface area contributed by atoms with E-state index in [9.17, 15) is 18.9 Å². The van der Waals surface area contributed by atoms with Crippen LogP contribution in [0.25, 0.3) is 0 Å². The molecule has 2 atom stereocenters. The minimum Gasteiger partial charge on any atom is -0.481 e. The van der Waals surface area contributed by atoms with Gasteiger partial charge in [-0.15, -0.1) is 0 Å². The van der Waals surface area contributed by atoms with E-state index in [2.05, 4.69) is 15.9 Å². The highest BCUT2D eigenvalue weighted by Gasteiger charge is 2.28. The van der Waals surface area contributed by atoms with Gasteiger partial charge in [0.2, 0.25) is 0 Å². The van der Waals surface area contributed by atoms with Crippen molar-refractivity contribution in [2.45, 2.75) is 11.7 Å². The smallest absolute Gasteiger partial charge is 0.323 e. The standard InChI is InChI=1S/C17H15BrO6S/c1-25(23)16(17(21)22)13-9-11(18)5-6-14(13)24-12-4-2-3-10(7-12)8-15(19)20/h2-7,9,16H,8H2,1H3,(H,19,20)(H,21,22). The predicted octanol–water partition coefficient (Wildman–Crippen LogP) is 3.37. The molecule has 0 saturated heterocycles. The third-order valence-corrected chi connectivity index (χ3v) is 4.90. The van der Waals surface area contributed by atoms with E-state index in [-0.39, 0.29) is 17.7 Å². The molecule has 2 N–H and O–H groups in total. The topological polar surface area (TPSA) is 101 Å². The number of rotatable bonds is 7. The third kappa shape index (κ3) is 5.14. The molecule has 0 amide bonds. The minimum absolute atomic E-state index is 0.152. The number of carboxylic acids is 2. The highest BCUT2D eigenvalue weighted by molar-refractivity contribution is 9.10. The average molecular weight is 427 g/mol. The molecule has 0 aliphatic rings. The van der Waals surface area contributed by atoms with E-state index in [1.54, 1.807) is 42.5 Å². The van der Waals surface area contributed by atoms with Gasteiger partial charge in [-0.1, -0.05) is 28.1 Å². The summed E-state index contributed by atoms with van der Waals surface area (Å²) in [6.45, 7) is 0. The number of carbonyl (C=O) groups is 2. The van der Waals surface area contributed by atoms with E-state index in [4.69, 9.17) is 9.84 Å². The van der Waals surface area contributed by atoms with Gasteiger partial charge in [0.15, 0.2) is 5.25 Å². The highest BCUT2D eigenvalue weighted by atomic mass is 79.9. The lowest BCUT2D eigenvalue weighted by molar-refractivity contribution is -0.137. The Labute approximate surface area is 155 Å². The zero-order valence-corrected chi connectivity index (χ0v) is 15.5. The lowest BCUT2D eigenvalue weighted by Crippen LogP contribution is -2.17. The summed E-state index contributed by atoms with van der Waals surface area (Å²) in [4.78, 5) is 22.3. The first kappa shape index (κ1) is 19.1. The second kappa shape index (κ2) is 8.26. The van der Waals surface area contributed by atoms with Crippen LogP contribution in [0.4, 0.5) is 0 Å². The summed E-state index contributed by atoms with van der Waals surface area (Å²) in [5.41, 5.74) is 0.823. The Morgan fingerprint density at radius 3 is 2.52 bits per heavy atom. The molecule has 2 unspecified atom stereocenters. The Hall–Kier alpha value is -2.19. The van der Waals surface area contributed by atoms with Crippen LogP contribution < -0.4 is 4.74 Å². The van der Waals surface area contributed by atoms with Crippen molar-refractivity contribution in [1.29, 1.82) is 0 Å². The maximum Gasteiger partial charge on any atom is 0.323 e. The summed E-state index contributed by atoms with van der Waals surface area (Å²) in [7, 11) is -1.65. The Balaban J connectivity index is 2.42. The van der Waals surface area contributed by atoms with Crippen molar-refractivity contribution in [1.82, 2.24) is 0 Å². The lowest BCUT2D eigenvalue weighted by atomic mass is 10.1. The summed E-state index contributed by atoms with van der Waals surface area (Å²) >= 11 is 3.27. The molecule has 0 saturated carbocycles. The van der Waals surface area contributed by atoms with Gasteiger partial charge < -0.3 is 14.9 Å². The van der Waals surface area contributed by atoms with Gasteiger partial charge in [-0.2, -0.15) is 0 Å². The Morgan fingerprint density at radius 1 is 1.20 bits per heavy atom. The Kier molecular flexibility index (Phi) is 6.33. The fourth-order valence-corrected chi connectivity index (χ4v) is 3.50. The van der Waals surface area contributed by atoms with Crippen LogP contribution in [0.5, 0.6) is 11.5 Å². The number of aliphatic carboxylic acids is 2. The van der Waals surface area contributed by atoms with Crippen molar-refractivity contribution in [2.24, 2.45) is 0 Å². The largest absolute Gasteiger partial charge is 0.481 e. The van der Waals surface area contributed by atoms with Crippen molar-refractivity contribution < 1.29 is 28.7 Å². The summed E-state index contributed by atoms with van der Waals surface area (Å²) in [5.74, 6) is -1.57. The zero-order valence-electron chi connectivity index (χ0n) is 13.1. The maximum atomic E-state index is 11.9. The van der Waals surface area contributed by atoms with Gasteiger partial charge >= 0.3 is 11.9 Å². The van der Waals surface area contributed by atoms with E-state index in [1.807, 2.05) is 0 Å². The number of halogens is 1. The van der Waals surface area contributed by atoms with Crippen LogP contribution in [0.2, 0.25) is 0 Å². The van der Waals surface area contributed by atoms with Crippen LogP contribution in [0, 0.1) is 0 Å². The molecule has 2 rings (SSSR count). The second-order valence-corrected chi connectivity index (χ2v) is 7.60. The van der Waals surface area contributed by atoms with E-state index in [0.717, 1.165) is 0 Å². The molecule has 25 heavy (non-hydrogen) atoms. The predicted molar refractivity (Wildman–Crippen MR) is 96.4 cm³/mol. The third-order valence-electron chi connectivity index (χ3n) is 3.29. The van der Waals surface area contributed by atoms with Crippen LogP contribution in [-0.4, -0.2) is 32.6 Å². The average Bonchev–Trinajstić information content (AvgIpc) is 2.49. The molecule has 6 nitrogen and oxygen atoms in total. The van der Waals surface area contributed by atoms with Crippen molar-refractivity contribution in [2.75, 3.05) is 6.26 Å². The van der Waals surface area contributed by atoms with Crippen molar-refractivity contribution in [3.63, 3.8) is 0 Å². The Morgan fingerprint density at radius 2 is 1.92 bits per heavy atom. The molecule has 0 aromatic heterocycles. The highest BCUT2D eigenvalue weighted by Crippen LogP contribution is 2.35. The summed E-state index contributed by atoms with van der Waals surface area (Å²) < 4.78 is 18.3. The monoisotopic (exact) mass is 426 g/mol. The molecular weight excluding hydrogens is 412 g/mol. The zero-order chi connectivity index (χ0) is 18.6. The first-order valence-electron chi connectivity index (χ1n) is 7.11. The maximum absolute atomic E-state index is 11.9. The first-order valence-corrected chi connectivity index (χ1v) is 9.52. The molecule has 132 valence electrons. The molecule has 0 fully saturated rings. The molecule has 2 aromatic carbocycles. The van der Waals surface area contributed by atoms with Crippen LogP contribution in [0.1, 0.15) is 16.4 Å². The quantitative estimate of drug-likeness (QED) is 0.703. The molecule has 0 aliphatic heterocycles. The van der Waals surface area contributed by atoms with E-state index >= 15 is 0 Å². The fourth-order valence-electron chi connectivity index (χ4n) is 2.29. The van der Waals surface area contributed by atoms with Crippen molar-refractivity contribution in [3.05, 3.63) is 58.1 Å². The van der Waals surface area contributed by atoms with E-state index in [1.165, 1.54) is 6.26 Å². The minimum atomic E-state index is -1.65. The van der Waals surface area contributed by atoms with Gasteiger partial charge in [-0.3, -0.25) is 13.8 Å². The fraction of sp³-hybridized carbons (Fsp3) is 0.176. The lowest BCUT2D eigenvalue weighted by Gasteiger charge is -2.16. The van der Waals surface area contributed by atoms with Crippen LogP contribution >= 0.6 is 15.9 Å². The van der Waals surface area contributed by atoms with Gasteiger partial charge in [0.25, 0.3) is 0 Å². The molecule has 0 aliphatic carbocycles.